The molecule has 7 heteroatoms. The van der Waals surface area contributed by atoms with E-state index < -0.39 is 12.1 Å². The predicted molar refractivity (Wildman–Crippen MR) is 71.9 cm³/mol. The highest BCUT2D eigenvalue weighted by Crippen LogP contribution is 2.31. The van der Waals surface area contributed by atoms with Gasteiger partial charge in [-0.1, -0.05) is 12.8 Å². The summed E-state index contributed by atoms with van der Waals surface area (Å²) in [4.78, 5) is 12.1. The SMILES string of the molecule is CC1(NC(=O)c2ccc(OC(F)(F)F)c(N)c2)CCCC1. The highest BCUT2D eigenvalue weighted by atomic mass is 19.4. The van der Waals surface area contributed by atoms with Gasteiger partial charge in [-0.25, -0.2) is 0 Å². The van der Waals surface area contributed by atoms with E-state index in [1.807, 2.05) is 6.92 Å². The number of rotatable bonds is 3. The van der Waals surface area contributed by atoms with Gasteiger partial charge in [-0.15, -0.1) is 13.2 Å². The highest BCUT2D eigenvalue weighted by molar-refractivity contribution is 5.96. The van der Waals surface area contributed by atoms with Gasteiger partial charge in [0, 0.05) is 11.1 Å². The number of alkyl halides is 3. The first-order chi connectivity index (χ1) is 9.69. The molecule has 21 heavy (non-hydrogen) atoms. The zero-order chi connectivity index (χ0) is 15.7. The van der Waals surface area contributed by atoms with Crippen LogP contribution in [0.15, 0.2) is 18.2 Å². The van der Waals surface area contributed by atoms with E-state index >= 15 is 0 Å². The fourth-order valence-electron chi connectivity index (χ4n) is 2.53. The Balaban J connectivity index is 2.10. The summed E-state index contributed by atoms with van der Waals surface area (Å²) in [6, 6.07) is 3.51. The maximum atomic E-state index is 12.1. The largest absolute Gasteiger partial charge is 0.573 e. The highest BCUT2D eigenvalue weighted by Gasteiger charge is 2.33. The van der Waals surface area contributed by atoms with Crippen molar-refractivity contribution in [2.45, 2.75) is 44.5 Å². The molecule has 0 atom stereocenters. The fourth-order valence-corrected chi connectivity index (χ4v) is 2.53. The second kappa shape index (κ2) is 5.46. The van der Waals surface area contributed by atoms with Crippen LogP contribution >= 0.6 is 0 Å². The van der Waals surface area contributed by atoms with Gasteiger partial charge in [-0.05, 0) is 38.0 Å². The number of carbonyl (C=O) groups excluding carboxylic acids is 1. The molecule has 0 saturated heterocycles. The molecule has 2 rings (SSSR count). The van der Waals surface area contributed by atoms with Crippen molar-refractivity contribution in [2.24, 2.45) is 0 Å². The number of benzene rings is 1. The van der Waals surface area contributed by atoms with Crippen molar-refractivity contribution in [3.05, 3.63) is 23.8 Å². The number of hydrogen-bond donors (Lipinski definition) is 2. The average Bonchev–Trinajstić information content (AvgIpc) is 2.76. The molecule has 0 radical (unpaired) electrons. The van der Waals surface area contributed by atoms with Gasteiger partial charge in [0.15, 0.2) is 5.75 Å². The minimum Gasteiger partial charge on any atom is -0.404 e. The molecule has 0 spiro atoms. The number of nitrogens with two attached hydrogens (primary N) is 1. The summed E-state index contributed by atoms with van der Waals surface area (Å²) in [5.41, 5.74) is 5.24. The van der Waals surface area contributed by atoms with Crippen LogP contribution < -0.4 is 15.8 Å². The number of halogens is 3. The molecular weight excluding hydrogens is 285 g/mol. The van der Waals surface area contributed by atoms with Crippen LogP contribution in [-0.2, 0) is 0 Å². The van der Waals surface area contributed by atoms with E-state index in [9.17, 15) is 18.0 Å². The lowest BCUT2D eigenvalue weighted by Gasteiger charge is -2.25. The maximum absolute atomic E-state index is 12.1. The smallest absolute Gasteiger partial charge is 0.404 e. The Morgan fingerprint density at radius 2 is 1.95 bits per heavy atom. The van der Waals surface area contributed by atoms with Crippen LogP contribution in [0.2, 0.25) is 0 Å². The van der Waals surface area contributed by atoms with E-state index in [1.54, 1.807) is 0 Å². The van der Waals surface area contributed by atoms with E-state index in [0.29, 0.717) is 0 Å². The third kappa shape index (κ3) is 4.03. The van der Waals surface area contributed by atoms with Crippen molar-refractivity contribution in [1.29, 1.82) is 0 Å². The van der Waals surface area contributed by atoms with E-state index in [-0.39, 0.29) is 22.7 Å². The molecule has 1 saturated carbocycles. The molecule has 0 aromatic heterocycles. The van der Waals surface area contributed by atoms with Gasteiger partial charge >= 0.3 is 6.36 Å². The summed E-state index contributed by atoms with van der Waals surface area (Å²) >= 11 is 0. The Morgan fingerprint density at radius 1 is 1.33 bits per heavy atom. The van der Waals surface area contributed by atoms with Crippen molar-refractivity contribution in [1.82, 2.24) is 5.32 Å². The first-order valence-corrected chi connectivity index (χ1v) is 6.66. The molecule has 1 aromatic carbocycles. The Hall–Kier alpha value is -1.92. The van der Waals surface area contributed by atoms with Crippen molar-refractivity contribution in [3.63, 3.8) is 0 Å². The summed E-state index contributed by atoms with van der Waals surface area (Å²) in [6.45, 7) is 1.96. The standard InChI is InChI=1S/C14H17F3N2O2/c1-13(6-2-3-7-13)19-12(20)9-4-5-11(10(18)8-9)21-14(15,16)17/h4-5,8H,2-3,6-7,18H2,1H3,(H,19,20). The Kier molecular flexibility index (Phi) is 4.02. The quantitative estimate of drug-likeness (QED) is 0.843. The number of nitrogens with one attached hydrogen (secondary N) is 1. The van der Waals surface area contributed by atoms with Gasteiger partial charge in [-0.2, -0.15) is 0 Å². The van der Waals surface area contributed by atoms with Crippen molar-refractivity contribution >= 4 is 11.6 Å². The van der Waals surface area contributed by atoms with Crippen molar-refractivity contribution in [3.8, 4) is 5.75 Å². The van der Waals surface area contributed by atoms with E-state index in [1.165, 1.54) is 12.1 Å². The Labute approximate surface area is 120 Å². The second-order valence-electron chi connectivity index (χ2n) is 5.52. The molecule has 0 aliphatic heterocycles. The van der Waals surface area contributed by atoms with Crippen LogP contribution in [0.4, 0.5) is 18.9 Å². The summed E-state index contributed by atoms with van der Waals surface area (Å²) in [5, 5.41) is 2.91. The summed E-state index contributed by atoms with van der Waals surface area (Å²) in [7, 11) is 0. The van der Waals surface area contributed by atoms with Gasteiger partial charge < -0.3 is 15.8 Å². The number of anilines is 1. The van der Waals surface area contributed by atoms with Crippen molar-refractivity contribution in [2.75, 3.05) is 5.73 Å². The summed E-state index contributed by atoms with van der Waals surface area (Å²) in [6.07, 6.45) is -0.920. The first-order valence-electron chi connectivity index (χ1n) is 6.66. The topological polar surface area (TPSA) is 64.3 Å². The van der Waals surface area contributed by atoms with Crippen LogP contribution in [0.1, 0.15) is 43.0 Å². The maximum Gasteiger partial charge on any atom is 0.573 e. The molecule has 0 unspecified atom stereocenters. The molecule has 1 aliphatic carbocycles. The number of carbonyl (C=O) groups is 1. The number of hydrogen-bond acceptors (Lipinski definition) is 3. The number of ether oxygens (including phenoxy) is 1. The molecule has 4 nitrogen and oxygen atoms in total. The Morgan fingerprint density at radius 3 is 2.48 bits per heavy atom. The molecular formula is C14H17F3N2O2. The van der Waals surface area contributed by atoms with Crippen LogP contribution in [0.3, 0.4) is 0 Å². The molecule has 1 amide bonds. The molecule has 1 fully saturated rings. The molecule has 3 N–H and O–H groups in total. The van der Waals surface area contributed by atoms with Crippen LogP contribution in [-0.4, -0.2) is 17.8 Å². The van der Waals surface area contributed by atoms with E-state index in [0.717, 1.165) is 31.7 Å². The van der Waals surface area contributed by atoms with Gasteiger partial charge in [0.05, 0.1) is 5.69 Å². The van der Waals surface area contributed by atoms with Crippen LogP contribution in [0.25, 0.3) is 0 Å². The monoisotopic (exact) mass is 302 g/mol. The van der Waals surface area contributed by atoms with Gasteiger partial charge in [-0.3, -0.25) is 4.79 Å². The lowest BCUT2D eigenvalue weighted by molar-refractivity contribution is -0.274. The summed E-state index contributed by atoms with van der Waals surface area (Å²) in [5.74, 6) is -0.851. The fraction of sp³-hybridized carbons (Fsp3) is 0.500. The third-order valence-corrected chi connectivity index (χ3v) is 3.62. The molecule has 116 valence electrons. The van der Waals surface area contributed by atoms with Gasteiger partial charge in [0.2, 0.25) is 0 Å². The normalized spacial score (nSPS) is 17.5. The van der Waals surface area contributed by atoms with Crippen LogP contribution in [0, 0.1) is 0 Å². The predicted octanol–water partition coefficient (Wildman–Crippen LogP) is 3.23. The average molecular weight is 302 g/mol. The molecule has 0 heterocycles. The minimum absolute atomic E-state index is 0.218. The molecule has 0 bridgehead atoms. The lowest BCUT2D eigenvalue weighted by Crippen LogP contribution is -2.43. The van der Waals surface area contributed by atoms with Crippen molar-refractivity contribution < 1.29 is 22.7 Å². The minimum atomic E-state index is -4.81. The van der Waals surface area contributed by atoms with Crippen LogP contribution in [0.5, 0.6) is 5.75 Å². The first kappa shape index (κ1) is 15.5. The number of nitrogen functional groups attached to an aromatic ring is 1. The number of amides is 1. The Bertz CT molecular complexity index is 538. The van der Waals surface area contributed by atoms with E-state index in [4.69, 9.17) is 5.73 Å². The van der Waals surface area contributed by atoms with Gasteiger partial charge in [0.1, 0.15) is 0 Å². The third-order valence-electron chi connectivity index (χ3n) is 3.62. The van der Waals surface area contributed by atoms with E-state index in [2.05, 4.69) is 10.1 Å². The van der Waals surface area contributed by atoms with Gasteiger partial charge in [0.25, 0.3) is 5.91 Å². The zero-order valence-electron chi connectivity index (χ0n) is 11.6. The second-order valence-corrected chi connectivity index (χ2v) is 5.52. The molecule has 1 aromatic rings. The zero-order valence-corrected chi connectivity index (χ0v) is 11.6. The lowest BCUT2D eigenvalue weighted by atomic mass is 10.00. The molecule has 1 aliphatic rings. The summed E-state index contributed by atoms with van der Waals surface area (Å²) < 4.78 is 40.2.